The molecule has 25 heteroatoms. The van der Waals surface area contributed by atoms with Gasteiger partial charge in [-0.2, -0.15) is 5.48 Å². The highest BCUT2D eigenvalue weighted by Gasteiger charge is 2.31. The van der Waals surface area contributed by atoms with Crippen molar-refractivity contribution >= 4 is 69.9 Å². The van der Waals surface area contributed by atoms with Crippen molar-refractivity contribution in [2.45, 2.75) is 63.1 Å². The lowest BCUT2D eigenvalue weighted by Gasteiger charge is -2.29. The Morgan fingerprint density at radius 1 is 0.965 bits per heavy atom. The highest BCUT2D eigenvalue weighted by atomic mass is 32.1. The van der Waals surface area contributed by atoms with Gasteiger partial charge in [0.25, 0.3) is 0 Å². The third-order valence-corrected chi connectivity index (χ3v) is 8.44. The van der Waals surface area contributed by atoms with Gasteiger partial charge in [-0.3, -0.25) is 24.2 Å². The molecule has 0 aliphatic heterocycles. The number of nitrogens with one attached hydrogen (secondary N) is 5. The normalized spacial score (nSPS) is 12.4. The largest absolute Gasteiger partial charge is 0.481 e. The van der Waals surface area contributed by atoms with Gasteiger partial charge in [0.05, 0.1) is 25.2 Å². The van der Waals surface area contributed by atoms with Gasteiger partial charge >= 0.3 is 23.9 Å². The molecular formula is C32H48N14O10S. The number of likely N-dealkylation sites (N-methyl/N-ethyl adjacent to an activating group) is 1. The number of carbonyl (C=O) groups excluding carboxylic acids is 5. The summed E-state index contributed by atoms with van der Waals surface area (Å²) in [5.74, 6) is -6.04. The van der Waals surface area contributed by atoms with Crippen molar-refractivity contribution in [2.75, 3.05) is 45.3 Å². The van der Waals surface area contributed by atoms with E-state index in [1.165, 1.54) is 11.9 Å². The smallest absolute Gasteiger partial charge is 0.359 e. The number of carboxylic acids is 2. The van der Waals surface area contributed by atoms with Gasteiger partial charge in [-0.15, -0.1) is 5.11 Å². The van der Waals surface area contributed by atoms with Crippen LogP contribution in [0.4, 0.5) is 15.7 Å². The third-order valence-electron chi connectivity index (χ3n) is 7.56. The molecular weight excluding hydrogens is 773 g/mol. The van der Waals surface area contributed by atoms with E-state index < -0.39 is 72.8 Å². The van der Waals surface area contributed by atoms with Gasteiger partial charge in [-0.1, -0.05) is 28.9 Å². The van der Waals surface area contributed by atoms with E-state index >= 15 is 0 Å². The Morgan fingerprint density at radius 2 is 1.72 bits per heavy atom. The summed E-state index contributed by atoms with van der Waals surface area (Å²) in [6.45, 7) is 1.06. The molecule has 2 rings (SSSR count). The van der Waals surface area contributed by atoms with Crippen molar-refractivity contribution in [1.29, 1.82) is 0 Å². The average Bonchev–Trinajstić information content (AvgIpc) is 3.66. The van der Waals surface area contributed by atoms with E-state index in [0.717, 1.165) is 6.20 Å². The van der Waals surface area contributed by atoms with Crippen LogP contribution in [0.3, 0.4) is 0 Å². The van der Waals surface area contributed by atoms with E-state index in [-0.39, 0.29) is 35.4 Å². The quantitative estimate of drug-likeness (QED) is 0.0179. The lowest BCUT2D eigenvalue weighted by atomic mass is 10.1. The number of nitrogens with two attached hydrogens (primary N) is 3. The number of thiazole rings is 1. The maximum absolute atomic E-state index is 13.3. The van der Waals surface area contributed by atoms with Gasteiger partial charge in [0.1, 0.15) is 17.0 Å². The van der Waals surface area contributed by atoms with Gasteiger partial charge < -0.3 is 58.4 Å². The third kappa shape index (κ3) is 19.2. The number of rotatable bonds is 26. The molecule has 24 nitrogen and oxygen atoms in total. The molecule has 0 saturated carbocycles. The number of hydrogen-bond donors (Lipinski definition) is 10. The molecule has 2 aromatic heterocycles. The Kier molecular flexibility index (Phi) is 21.1. The van der Waals surface area contributed by atoms with Crippen molar-refractivity contribution in [1.82, 2.24) is 36.1 Å². The van der Waals surface area contributed by atoms with Crippen molar-refractivity contribution in [3.63, 3.8) is 0 Å². The number of anilines is 1. The molecule has 2 aromatic rings. The van der Waals surface area contributed by atoms with E-state index in [1.807, 2.05) is 0 Å². The first-order valence-corrected chi connectivity index (χ1v) is 18.3. The number of carboxylic acid groups (broad SMARTS) is 2. The summed E-state index contributed by atoms with van der Waals surface area (Å²) < 4.78 is 0. The van der Waals surface area contributed by atoms with Crippen molar-refractivity contribution < 1.29 is 48.6 Å². The van der Waals surface area contributed by atoms with Crippen LogP contribution >= 0.6 is 11.3 Å². The Morgan fingerprint density at radius 3 is 2.39 bits per heavy atom. The molecule has 5 amide bonds. The number of aromatic carboxylic acids is 1. The first-order valence-electron chi connectivity index (χ1n) is 17.5. The zero-order valence-corrected chi connectivity index (χ0v) is 31.9. The fourth-order valence-corrected chi connectivity index (χ4v) is 5.30. The Labute approximate surface area is 330 Å². The minimum Gasteiger partial charge on any atom is -0.481 e. The number of aliphatic carboxylic acids is 1. The van der Waals surface area contributed by atoms with Gasteiger partial charge in [0.2, 0.25) is 22.9 Å². The molecule has 0 fully saturated rings. The number of aliphatic imine (C=N–C) groups is 1. The maximum Gasteiger partial charge on any atom is 0.359 e. The molecule has 0 spiro atoms. The summed E-state index contributed by atoms with van der Waals surface area (Å²) in [7, 11) is 1.39. The molecule has 0 aliphatic carbocycles. The van der Waals surface area contributed by atoms with Crippen LogP contribution in [0.15, 0.2) is 45.8 Å². The van der Waals surface area contributed by atoms with E-state index in [4.69, 9.17) is 27.1 Å². The number of aromatic nitrogens is 2. The second-order valence-electron chi connectivity index (χ2n) is 12.0. The highest BCUT2D eigenvalue weighted by molar-refractivity contribution is 7.17. The molecule has 312 valence electrons. The summed E-state index contributed by atoms with van der Waals surface area (Å²) in [4.78, 5) is 103. The van der Waals surface area contributed by atoms with Crippen LogP contribution in [0.2, 0.25) is 0 Å². The SMILES string of the molecule is CN(C(=O)[C@H](N)CCCCNCCCNC(=O)/N=N/c1ccccn1)[C@@H](CCCN=C(N)N)C(=O)NCC(=O)N[C@@H](CC(=O)O)C(=O)ONc1ncc(C(=O)O)s1. The summed E-state index contributed by atoms with van der Waals surface area (Å²) in [5.41, 5.74) is 19.1. The van der Waals surface area contributed by atoms with Gasteiger partial charge in [0.15, 0.2) is 11.8 Å². The molecule has 0 aromatic carbocycles. The summed E-state index contributed by atoms with van der Waals surface area (Å²) in [6.07, 6.45) is 4.24. The summed E-state index contributed by atoms with van der Waals surface area (Å²) in [5, 5.41) is 35.8. The predicted molar refractivity (Wildman–Crippen MR) is 204 cm³/mol. The van der Waals surface area contributed by atoms with Crippen LogP contribution in [-0.4, -0.2) is 131 Å². The number of carbonyl (C=O) groups is 7. The van der Waals surface area contributed by atoms with E-state index in [2.05, 4.69) is 51.9 Å². The number of pyridine rings is 1. The number of hydrogen-bond acceptors (Lipinski definition) is 16. The Balaban J connectivity index is 1.82. The van der Waals surface area contributed by atoms with Crippen LogP contribution in [0.1, 0.15) is 54.6 Å². The molecule has 2 heterocycles. The van der Waals surface area contributed by atoms with Crippen LogP contribution in [0, 0.1) is 0 Å². The summed E-state index contributed by atoms with van der Waals surface area (Å²) in [6, 6.07) is 0.730. The number of urea groups is 1. The Bertz CT molecular complexity index is 1710. The van der Waals surface area contributed by atoms with E-state index in [9.17, 15) is 38.7 Å². The number of azo groups is 1. The van der Waals surface area contributed by atoms with Crippen molar-refractivity contribution in [3.05, 3.63) is 35.5 Å². The molecule has 0 saturated heterocycles. The molecule has 57 heavy (non-hydrogen) atoms. The maximum atomic E-state index is 13.3. The van der Waals surface area contributed by atoms with E-state index in [0.29, 0.717) is 62.5 Å². The van der Waals surface area contributed by atoms with Crippen LogP contribution in [0.25, 0.3) is 0 Å². The second kappa shape index (κ2) is 25.7. The van der Waals surface area contributed by atoms with Gasteiger partial charge in [-0.25, -0.2) is 24.4 Å². The van der Waals surface area contributed by atoms with Crippen LogP contribution in [0.5, 0.6) is 0 Å². The standard InChI is InChI=1S/C32H48N14O10S/c1-46(27(51)19(33)8-2-4-11-36-12-7-15-39-31(55)44-43-23-10-3-5-13-37-23)21(9-6-14-38-30(34)35)26(50)40-18-24(47)42-20(16-25(48)49)29(54)56-45-32-41-17-22(57-32)28(52)53/h3,5,10,13,17,19-21,36H,2,4,6-9,11-12,14-16,18,33H2,1H3,(H,39,55)(H,40,50)(H,41,45)(H,42,47)(H,48,49)(H,52,53)(H4,34,35,38)/b44-43+/t19-,20+,21+/m1/s1. The van der Waals surface area contributed by atoms with Crippen molar-refractivity contribution in [3.8, 4) is 0 Å². The number of amides is 5. The van der Waals surface area contributed by atoms with Gasteiger partial charge in [-0.05, 0) is 57.3 Å². The molecule has 13 N–H and O–H groups in total. The number of guanidine groups is 1. The molecule has 0 bridgehead atoms. The first-order chi connectivity index (χ1) is 27.2. The predicted octanol–water partition coefficient (Wildman–Crippen LogP) is -0.966. The van der Waals surface area contributed by atoms with Crippen LogP contribution < -0.4 is 43.9 Å². The first kappa shape index (κ1) is 46.8. The minimum atomic E-state index is -1.71. The lowest BCUT2D eigenvalue weighted by molar-refractivity contribution is -0.149. The minimum absolute atomic E-state index is 0.0800. The highest BCUT2D eigenvalue weighted by Crippen LogP contribution is 2.18. The van der Waals surface area contributed by atoms with Gasteiger partial charge in [0, 0.05) is 26.3 Å². The average molecular weight is 821 g/mol. The summed E-state index contributed by atoms with van der Waals surface area (Å²) >= 11 is 0.637. The Hall–Kier alpha value is -6.34. The zero-order valence-electron chi connectivity index (χ0n) is 31.1. The van der Waals surface area contributed by atoms with E-state index in [1.54, 1.807) is 24.4 Å². The van der Waals surface area contributed by atoms with Crippen molar-refractivity contribution in [2.24, 2.45) is 32.4 Å². The number of unbranched alkanes of at least 4 members (excludes halogenated alkanes) is 1. The lowest BCUT2D eigenvalue weighted by Crippen LogP contribution is -2.54. The fraction of sp³-hybridized carbons (Fsp3) is 0.500. The second-order valence-corrected chi connectivity index (χ2v) is 13.1. The molecule has 0 unspecified atom stereocenters. The molecule has 0 aliphatic rings. The molecule has 0 radical (unpaired) electrons. The number of nitrogens with zero attached hydrogens (tertiary/aromatic N) is 6. The fourth-order valence-electron chi connectivity index (χ4n) is 4.71. The zero-order chi connectivity index (χ0) is 42.2. The monoisotopic (exact) mass is 820 g/mol. The van der Waals surface area contributed by atoms with Crippen LogP contribution in [-0.2, 0) is 28.8 Å². The topological polar surface area (TPSA) is 373 Å². The molecule has 3 atom stereocenters.